The summed E-state index contributed by atoms with van der Waals surface area (Å²) in [5, 5.41) is 6.25. The first-order chi connectivity index (χ1) is 10.2. The predicted molar refractivity (Wildman–Crippen MR) is 85.4 cm³/mol. The van der Waals surface area contributed by atoms with E-state index < -0.39 is 0 Å². The summed E-state index contributed by atoms with van der Waals surface area (Å²) in [7, 11) is 0. The van der Waals surface area contributed by atoms with Gasteiger partial charge in [0.1, 0.15) is 0 Å². The van der Waals surface area contributed by atoms with Crippen molar-refractivity contribution in [3.63, 3.8) is 0 Å². The van der Waals surface area contributed by atoms with Crippen LogP contribution >= 0.6 is 0 Å². The monoisotopic (exact) mass is 283 g/mol. The van der Waals surface area contributed by atoms with Crippen LogP contribution in [0, 0.1) is 6.92 Å². The number of benzene rings is 1. The highest BCUT2D eigenvalue weighted by Crippen LogP contribution is 2.17. The summed E-state index contributed by atoms with van der Waals surface area (Å²) in [6.07, 6.45) is 4.47. The molecule has 2 aromatic rings. The van der Waals surface area contributed by atoms with E-state index in [0.717, 1.165) is 29.8 Å². The number of aromatic nitrogens is 1. The zero-order valence-corrected chi connectivity index (χ0v) is 12.5. The number of anilines is 1. The van der Waals surface area contributed by atoms with Gasteiger partial charge in [0.25, 0.3) is 5.91 Å². The maximum absolute atomic E-state index is 12.4. The van der Waals surface area contributed by atoms with Crippen molar-refractivity contribution in [2.24, 2.45) is 0 Å². The van der Waals surface area contributed by atoms with Crippen molar-refractivity contribution in [2.75, 3.05) is 11.9 Å². The van der Waals surface area contributed by atoms with Gasteiger partial charge in [0, 0.05) is 31.2 Å². The summed E-state index contributed by atoms with van der Waals surface area (Å²) in [5.74, 6) is -0.0610. The number of pyridine rings is 1. The van der Waals surface area contributed by atoms with Crippen LogP contribution in [0.4, 0.5) is 5.69 Å². The molecule has 0 aliphatic heterocycles. The lowest BCUT2D eigenvalue weighted by Gasteiger charge is -2.12. The molecule has 2 N–H and O–H groups in total. The molecular weight excluding hydrogens is 262 g/mol. The van der Waals surface area contributed by atoms with E-state index in [4.69, 9.17) is 0 Å². The van der Waals surface area contributed by atoms with E-state index in [1.165, 1.54) is 0 Å². The quantitative estimate of drug-likeness (QED) is 0.856. The van der Waals surface area contributed by atoms with Gasteiger partial charge in [-0.25, -0.2) is 0 Å². The standard InChI is InChI=1S/C17H21N3O/c1-3-8-19-16-5-4-13(2)11-15(16)17(21)20-12-14-6-9-18-10-7-14/h4-7,9-11,19H,3,8,12H2,1-2H3,(H,20,21). The largest absolute Gasteiger partial charge is 0.384 e. The molecule has 1 aromatic carbocycles. The van der Waals surface area contributed by atoms with Gasteiger partial charge in [0.2, 0.25) is 0 Å². The fourth-order valence-corrected chi connectivity index (χ4v) is 2.04. The van der Waals surface area contributed by atoms with Gasteiger partial charge in [0.05, 0.1) is 5.56 Å². The summed E-state index contributed by atoms with van der Waals surface area (Å²) in [5.41, 5.74) is 3.69. The molecule has 0 spiro atoms. The summed E-state index contributed by atoms with van der Waals surface area (Å²) >= 11 is 0. The summed E-state index contributed by atoms with van der Waals surface area (Å²) in [6, 6.07) is 9.68. The van der Waals surface area contributed by atoms with Crippen molar-refractivity contribution in [1.82, 2.24) is 10.3 Å². The smallest absolute Gasteiger partial charge is 0.253 e. The molecule has 0 unspecified atom stereocenters. The Balaban J connectivity index is 2.08. The number of nitrogens with zero attached hydrogens (tertiary/aromatic N) is 1. The number of carbonyl (C=O) groups excluding carboxylic acids is 1. The molecule has 0 atom stereocenters. The molecule has 0 aliphatic rings. The fourth-order valence-electron chi connectivity index (χ4n) is 2.04. The van der Waals surface area contributed by atoms with Crippen LogP contribution in [0.3, 0.4) is 0 Å². The second-order valence-corrected chi connectivity index (χ2v) is 5.01. The molecule has 4 heteroatoms. The van der Waals surface area contributed by atoms with E-state index in [0.29, 0.717) is 12.1 Å². The van der Waals surface area contributed by atoms with Gasteiger partial charge in [-0.15, -0.1) is 0 Å². The lowest BCUT2D eigenvalue weighted by Crippen LogP contribution is -2.24. The molecule has 1 heterocycles. The summed E-state index contributed by atoms with van der Waals surface area (Å²) < 4.78 is 0. The molecule has 0 bridgehead atoms. The number of nitrogens with one attached hydrogen (secondary N) is 2. The Morgan fingerprint density at radius 3 is 2.67 bits per heavy atom. The second kappa shape index (κ2) is 7.43. The van der Waals surface area contributed by atoms with Crippen molar-refractivity contribution >= 4 is 11.6 Å². The molecule has 2 rings (SSSR count). The van der Waals surface area contributed by atoms with Gasteiger partial charge in [0.15, 0.2) is 0 Å². The number of hydrogen-bond donors (Lipinski definition) is 2. The third-order valence-corrected chi connectivity index (χ3v) is 3.19. The predicted octanol–water partition coefficient (Wildman–Crippen LogP) is 3.14. The average Bonchev–Trinajstić information content (AvgIpc) is 2.52. The second-order valence-electron chi connectivity index (χ2n) is 5.01. The Morgan fingerprint density at radius 2 is 1.95 bits per heavy atom. The number of rotatable bonds is 6. The Bertz CT molecular complexity index is 596. The zero-order valence-electron chi connectivity index (χ0n) is 12.5. The van der Waals surface area contributed by atoms with Crippen molar-refractivity contribution in [1.29, 1.82) is 0 Å². The first-order valence-corrected chi connectivity index (χ1v) is 7.22. The minimum atomic E-state index is -0.0610. The lowest BCUT2D eigenvalue weighted by atomic mass is 10.1. The van der Waals surface area contributed by atoms with Gasteiger partial charge in [-0.2, -0.15) is 0 Å². The average molecular weight is 283 g/mol. The van der Waals surface area contributed by atoms with Crippen molar-refractivity contribution in [3.8, 4) is 0 Å². The minimum Gasteiger partial charge on any atom is -0.384 e. The van der Waals surface area contributed by atoms with Crippen LogP contribution in [0.5, 0.6) is 0 Å². The van der Waals surface area contributed by atoms with Gasteiger partial charge in [-0.3, -0.25) is 9.78 Å². The molecule has 0 radical (unpaired) electrons. The van der Waals surface area contributed by atoms with Crippen LogP contribution in [-0.2, 0) is 6.54 Å². The number of aryl methyl sites for hydroxylation is 1. The Hall–Kier alpha value is -2.36. The van der Waals surface area contributed by atoms with Gasteiger partial charge < -0.3 is 10.6 Å². The molecule has 4 nitrogen and oxygen atoms in total. The summed E-state index contributed by atoms with van der Waals surface area (Å²) in [4.78, 5) is 16.4. The Morgan fingerprint density at radius 1 is 1.19 bits per heavy atom. The van der Waals surface area contributed by atoms with E-state index in [1.807, 2.05) is 37.3 Å². The first kappa shape index (κ1) is 15.0. The minimum absolute atomic E-state index is 0.0610. The molecule has 110 valence electrons. The zero-order chi connectivity index (χ0) is 15.1. The molecule has 0 saturated carbocycles. The van der Waals surface area contributed by atoms with E-state index >= 15 is 0 Å². The van der Waals surface area contributed by atoms with Crippen molar-refractivity contribution in [2.45, 2.75) is 26.8 Å². The highest BCUT2D eigenvalue weighted by atomic mass is 16.1. The molecule has 1 aromatic heterocycles. The van der Waals surface area contributed by atoms with Crippen LogP contribution in [0.2, 0.25) is 0 Å². The van der Waals surface area contributed by atoms with E-state index in [1.54, 1.807) is 12.4 Å². The van der Waals surface area contributed by atoms with Crippen LogP contribution in [0.25, 0.3) is 0 Å². The molecule has 21 heavy (non-hydrogen) atoms. The van der Waals surface area contributed by atoms with Crippen LogP contribution in [0.15, 0.2) is 42.7 Å². The molecule has 1 amide bonds. The number of hydrogen-bond acceptors (Lipinski definition) is 3. The first-order valence-electron chi connectivity index (χ1n) is 7.22. The highest BCUT2D eigenvalue weighted by Gasteiger charge is 2.11. The lowest BCUT2D eigenvalue weighted by molar-refractivity contribution is 0.0951. The molecule has 0 fully saturated rings. The molecular formula is C17H21N3O. The van der Waals surface area contributed by atoms with Gasteiger partial charge in [-0.1, -0.05) is 18.6 Å². The summed E-state index contributed by atoms with van der Waals surface area (Å²) in [6.45, 7) is 5.45. The Labute approximate surface area is 125 Å². The van der Waals surface area contributed by atoms with Crippen molar-refractivity contribution in [3.05, 3.63) is 59.4 Å². The topological polar surface area (TPSA) is 54.0 Å². The van der Waals surface area contributed by atoms with Crippen LogP contribution in [0.1, 0.15) is 34.8 Å². The Kier molecular flexibility index (Phi) is 5.32. The normalized spacial score (nSPS) is 10.2. The number of carbonyl (C=O) groups is 1. The van der Waals surface area contributed by atoms with E-state index in [-0.39, 0.29) is 5.91 Å². The number of amides is 1. The van der Waals surface area contributed by atoms with E-state index in [9.17, 15) is 4.79 Å². The van der Waals surface area contributed by atoms with Crippen LogP contribution < -0.4 is 10.6 Å². The van der Waals surface area contributed by atoms with Crippen molar-refractivity contribution < 1.29 is 4.79 Å². The molecule has 0 saturated heterocycles. The van der Waals surface area contributed by atoms with Gasteiger partial charge in [-0.05, 0) is 43.2 Å². The van der Waals surface area contributed by atoms with Crippen LogP contribution in [-0.4, -0.2) is 17.4 Å². The van der Waals surface area contributed by atoms with E-state index in [2.05, 4.69) is 22.5 Å². The highest BCUT2D eigenvalue weighted by molar-refractivity contribution is 5.99. The van der Waals surface area contributed by atoms with Gasteiger partial charge >= 0.3 is 0 Å². The third kappa shape index (κ3) is 4.31. The maximum Gasteiger partial charge on any atom is 0.253 e. The maximum atomic E-state index is 12.4. The fraction of sp³-hybridized carbons (Fsp3) is 0.294. The third-order valence-electron chi connectivity index (χ3n) is 3.19. The molecule has 0 aliphatic carbocycles. The SMILES string of the molecule is CCCNc1ccc(C)cc1C(=O)NCc1ccncc1.